The lowest BCUT2D eigenvalue weighted by molar-refractivity contribution is -0.136. The van der Waals surface area contributed by atoms with Gasteiger partial charge in [-0.25, -0.2) is 9.78 Å². The highest BCUT2D eigenvalue weighted by Gasteiger charge is 2.41. The summed E-state index contributed by atoms with van der Waals surface area (Å²) in [6.45, 7) is 1.37. The zero-order valence-electron chi connectivity index (χ0n) is 14.1. The lowest BCUT2D eigenvalue weighted by Crippen LogP contribution is -2.18. The van der Waals surface area contributed by atoms with Gasteiger partial charge in [-0.2, -0.15) is 13.2 Å². The first-order valence-electron chi connectivity index (χ1n) is 7.85. The molecule has 2 heterocycles. The third kappa shape index (κ3) is 4.01. The fourth-order valence-electron chi connectivity index (χ4n) is 2.59. The van der Waals surface area contributed by atoms with Crippen molar-refractivity contribution in [3.8, 4) is 0 Å². The fourth-order valence-corrected chi connectivity index (χ4v) is 4.02. The Morgan fingerprint density at radius 2 is 2.00 bits per heavy atom. The van der Waals surface area contributed by atoms with Gasteiger partial charge in [0.2, 0.25) is 0 Å². The second-order valence-electron chi connectivity index (χ2n) is 5.64. The molecule has 0 fully saturated rings. The number of H-pyrrole nitrogens is 1. The number of hydrogen-bond donors (Lipinski definition) is 1. The molecule has 3 aromatic rings. The van der Waals surface area contributed by atoms with E-state index in [4.69, 9.17) is 23.2 Å². The second kappa shape index (κ2) is 7.73. The van der Waals surface area contributed by atoms with Crippen molar-refractivity contribution in [1.29, 1.82) is 0 Å². The summed E-state index contributed by atoms with van der Waals surface area (Å²) in [5.74, 6) is -1.02. The van der Waals surface area contributed by atoms with Crippen LogP contribution in [0.15, 0.2) is 23.0 Å². The van der Waals surface area contributed by atoms with Crippen LogP contribution in [0.3, 0.4) is 0 Å². The van der Waals surface area contributed by atoms with Gasteiger partial charge in [-0.1, -0.05) is 29.3 Å². The summed E-state index contributed by atoms with van der Waals surface area (Å²) in [6.07, 6.45) is -4.81. The Morgan fingerprint density at radius 3 is 2.61 bits per heavy atom. The van der Waals surface area contributed by atoms with Crippen LogP contribution in [0.1, 0.15) is 33.5 Å². The van der Waals surface area contributed by atoms with Crippen molar-refractivity contribution in [2.45, 2.75) is 19.5 Å². The molecule has 1 N–H and O–H groups in total. The molecule has 5 nitrogen and oxygen atoms in total. The van der Waals surface area contributed by atoms with Crippen molar-refractivity contribution in [2.24, 2.45) is 0 Å². The van der Waals surface area contributed by atoms with E-state index in [0.717, 1.165) is 0 Å². The molecule has 1 aromatic carbocycles. The Bertz CT molecular complexity index is 1130. The van der Waals surface area contributed by atoms with Gasteiger partial charge in [0.25, 0.3) is 5.56 Å². The molecule has 11 heteroatoms. The molecule has 2 aromatic heterocycles. The topological polar surface area (TPSA) is 72.0 Å². The lowest BCUT2D eigenvalue weighted by atomic mass is 10.1. The molecule has 0 amide bonds. The van der Waals surface area contributed by atoms with Gasteiger partial charge in [0.1, 0.15) is 15.5 Å². The summed E-state index contributed by atoms with van der Waals surface area (Å²) in [5.41, 5.74) is -1.67. The van der Waals surface area contributed by atoms with E-state index in [9.17, 15) is 22.8 Å². The number of carbonyl (C=O) groups excluding carboxylic acids is 1. The van der Waals surface area contributed by atoms with Gasteiger partial charge in [0.15, 0.2) is 0 Å². The Labute approximate surface area is 170 Å². The standard InChI is InChI=1S/C17H11Cl2F3N2O3S/c1-2-27-16(26)13-12(17(20,21)22)11-14(25)23-10(24-15(11)28-13)6-7-3-4-8(18)9(19)5-7/h3-5H,2,6H2,1H3,(H,23,24,25). The quantitative estimate of drug-likeness (QED) is 0.562. The number of rotatable bonds is 4. The monoisotopic (exact) mass is 450 g/mol. The molecule has 0 saturated carbocycles. The molecule has 148 valence electrons. The van der Waals surface area contributed by atoms with Crippen molar-refractivity contribution in [1.82, 2.24) is 9.97 Å². The fraction of sp³-hybridized carbons (Fsp3) is 0.235. The molecular weight excluding hydrogens is 440 g/mol. The minimum atomic E-state index is -4.92. The van der Waals surface area contributed by atoms with Gasteiger partial charge in [-0.15, -0.1) is 11.3 Å². The summed E-state index contributed by atoms with van der Waals surface area (Å²) < 4.78 is 45.2. The summed E-state index contributed by atoms with van der Waals surface area (Å²) in [4.78, 5) is 29.9. The molecule has 0 aliphatic carbocycles. The molecule has 0 aliphatic heterocycles. The minimum absolute atomic E-state index is 0.100. The smallest absolute Gasteiger partial charge is 0.418 e. The van der Waals surface area contributed by atoms with Gasteiger partial charge in [0.05, 0.1) is 27.6 Å². The number of carbonyl (C=O) groups is 1. The number of thiophene rings is 1. The maximum atomic E-state index is 13.5. The van der Waals surface area contributed by atoms with E-state index in [1.54, 1.807) is 18.2 Å². The van der Waals surface area contributed by atoms with Crippen LogP contribution in [0.5, 0.6) is 0 Å². The van der Waals surface area contributed by atoms with E-state index in [1.165, 1.54) is 6.92 Å². The molecule has 0 bridgehead atoms. The number of nitrogens with one attached hydrogen (secondary N) is 1. The van der Waals surface area contributed by atoms with Gasteiger partial charge in [0, 0.05) is 6.42 Å². The number of aromatic nitrogens is 2. The summed E-state index contributed by atoms with van der Waals surface area (Å²) in [7, 11) is 0. The van der Waals surface area contributed by atoms with Crippen LogP contribution < -0.4 is 5.56 Å². The Kier molecular flexibility index (Phi) is 5.69. The van der Waals surface area contributed by atoms with Gasteiger partial charge >= 0.3 is 12.1 Å². The van der Waals surface area contributed by atoms with E-state index >= 15 is 0 Å². The highest BCUT2D eigenvalue weighted by Crippen LogP contribution is 2.40. The number of ether oxygens (including phenoxy) is 1. The van der Waals surface area contributed by atoms with Crippen molar-refractivity contribution >= 4 is 50.7 Å². The lowest BCUT2D eigenvalue weighted by Gasteiger charge is -2.08. The predicted molar refractivity (Wildman–Crippen MR) is 100 cm³/mol. The third-order valence-electron chi connectivity index (χ3n) is 3.71. The number of halogens is 5. The van der Waals surface area contributed by atoms with Crippen LogP contribution in [0.2, 0.25) is 10.0 Å². The van der Waals surface area contributed by atoms with Crippen LogP contribution in [0, 0.1) is 0 Å². The number of alkyl halides is 3. The summed E-state index contributed by atoms with van der Waals surface area (Å²) in [6, 6.07) is 4.77. The van der Waals surface area contributed by atoms with E-state index in [1.807, 2.05) is 0 Å². The van der Waals surface area contributed by atoms with Gasteiger partial charge < -0.3 is 9.72 Å². The molecule has 0 spiro atoms. The second-order valence-corrected chi connectivity index (χ2v) is 7.46. The molecule has 0 aliphatic rings. The third-order valence-corrected chi connectivity index (χ3v) is 5.51. The van der Waals surface area contributed by atoms with E-state index in [-0.39, 0.29) is 23.7 Å². The van der Waals surface area contributed by atoms with Crippen LogP contribution in [-0.2, 0) is 17.3 Å². The molecular formula is C17H11Cl2F3N2O3S. The van der Waals surface area contributed by atoms with Crippen LogP contribution >= 0.6 is 34.5 Å². The SMILES string of the molecule is CCOC(=O)c1sc2nc(Cc3ccc(Cl)c(Cl)c3)[nH]c(=O)c2c1C(F)(F)F. The average Bonchev–Trinajstić information content (AvgIpc) is 2.99. The number of fused-ring (bicyclic) bond motifs is 1. The Hall–Kier alpha value is -2.10. The minimum Gasteiger partial charge on any atom is -0.462 e. The molecule has 0 atom stereocenters. The zero-order valence-corrected chi connectivity index (χ0v) is 16.4. The van der Waals surface area contributed by atoms with Crippen molar-refractivity contribution in [3.63, 3.8) is 0 Å². The first-order chi connectivity index (χ1) is 13.1. The first-order valence-corrected chi connectivity index (χ1v) is 9.43. The average molecular weight is 451 g/mol. The van der Waals surface area contributed by atoms with E-state index in [2.05, 4.69) is 14.7 Å². The van der Waals surface area contributed by atoms with E-state index in [0.29, 0.717) is 26.9 Å². The van der Waals surface area contributed by atoms with Crippen LogP contribution in [0.4, 0.5) is 13.2 Å². The Balaban J connectivity index is 2.14. The Morgan fingerprint density at radius 1 is 1.29 bits per heavy atom. The van der Waals surface area contributed by atoms with Crippen LogP contribution in [-0.4, -0.2) is 22.5 Å². The normalized spacial score (nSPS) is 11.8. The molecule has 0 saturated heterocycles. The number of nitrogens with zero attached hydrogens (tertiary/aromatic N) is 1. The summed E-state index contributed by atoms with van der Waals surface area (Å²) >= 11 is 12.3. The first kappa shape index (κ1) is 20.6. The number of benzene rings is 1. The number of aromatic amines is 1. The molecule has 0 unspecified atom stereocenters. The van der Waals surface area contributed by atoms with Gasteiger partial charge in [-0.05, 0) is 24.6 Å². The highest BCUT2D eigenvalue weighted by molar-refractivity contribution is 7.20. The number of hydrogen-bond acceptors (Lipinski definition) is 5. The summed E-state index contributed by atoms with van der Waals surface area (Å²) in [5, 5.41) is -0.0458. The molecule has 3 rings (SSSR count). The van der Waals surface area contributed by atoms with E-state index < -0.39 is 33.5 Å². The maximum absolute atomic E-state index is 13.5. The van der Waals surface area contributed by atoms with Gasteiger partial charge in [-0.3, -0.25) is 4.79 Å². The molecule has 28 heavy (non-hydrogen) atoms. The maximum Gasteiger partial charge on any atom is 0.418 e. The number of esters is 1. The zero-order chi connectivity index (χ0) is 20.6. The highest BCUT2D eigenvalue weighted by atomic mass is 35.5. The van der Waals surface area contributed by atoms with Crippen LogP contribution in [0.25, 0.3) is 10.2 Å². The molecule has 0 radical (unpaired) electrons. The predicted octanol–water partition coefficient (Wildman–Crippen LogP) is 5.08. The van der Waals surface area contributed by atoms with Crippen molar-refractivity contribution in [2.75, 3.05) is 6.61 Å². The largest absolute Gasteiger partial charge is 0.462 e. The van der Waals surface area contributed by atoms with Crippen molar-refractivity contribution in [3.05, 3.63) is 60.4 Å². The van der Waals surface area contributed by atoms with Crippen molar-refractivity contribution < 1.29 is 22.7 Å².